The zero-order chi connectivity index (χ0) is 12.9. The number of sulfonamides is 1. The molecular weight excluding hydrogens is 285 g/mol. The highest BCUT2D eigenvalue weighted by atomic mass is 35.5. The second-order valence-electron chi connectivity index (χ2n) is 3.18. The van der Waals surface area contributed by atoms with E-state index in [2.05, 4.69) is 4.72 Å². The first kappa shape index (κ1) is 14.4. The van der Waals surface area contributed by atoms with Gasteiger partial charge in [0, 0.05) is 10.9 Å². The molecule has 0 fully saturated rings. The number of ether oxygens (including phenoxy) is 1. The molecule has 0 spiro atoms. The van der Waals surface area contributed by atoms with Gasteiger partial charge in [-0.3, -0.25) is 4.72 Å². The van der Waals surface area contributed by atoms with E-state index in [-0.39, 0.29) is 11.6 Å². The van der Waals surface area contributed by atoms with E-state index < -0.39 is 10.0 Å². The number of hydrogen-bond donors (Lipinski definition) is 1. The van der Waals surface area contributed by atoms with E-state index in [1.165, 1.54) is 6.07 Å². The summed E-state index contributed by atoms with van der Waals surface area (Å²) in [6, 6.07) is 4.74. The monoisotopic (exact) mass is 297 g/mol. The van der Waals surface area contributed by atoms with Crippen molar-refractivity contribution in [2.24, 2.45) is 0 Å². The molecule has 0 aliphatic rings. The van der Waals surface area contributed by atoms with Gasteiger partial charge in [0.1, 0.15) is 5.75 Å². The fraction of sp³-hybridized carbons (Fsp3) is 0.400. The van der Waals surface area contributed by atoms with Crippen LogP contribution in [-0.2, 0) is 10.0 Å². The van der Waals surface area contributed by atoms with Gasteiger partial charge in [-0.2, -0.15) is 0 Å². The lowest BCUT2D eigenvalue weighted by Gasteiger charge is -2.12. The summed E-state index contributed by atoms with van der Waals surface area (Å²) in [7, 11) is -3.46. The lowest BCUT2D eigenvalue weighted by Crippen LogP contribution is -2.18. The normalized spacial score (nSPS) is 11.2. The molecule has 0 atom stereocenters. The van der Waals surface area contributed by atoms with Gasteiger partial charge in [-0.1, -0.05) is 11.6 Å². The van der Waals surface area contributed by atoms with Crippen molar-refractivity contribution in [3.8, 4) is 5.75 Å². The third-order valence-electron chi connectivity index (χ3n) is 1.85. The number of rotatable bonds is 6. The Kier molecular flexibility index (Phi) is 5.36. The number of nitrogens with one attached hydrogen (secondary N) is 1. The zero-order valence-corrected chi connectivity index (χ0v) is 11.6. The fourth-order valence-corrected chi connectivity index (χ4v) is 2.76. The molecule has 0 amide bonds. The molecule has 0 bridgehead atoms. The van der Waals surface area contributed by atoms with E-state index in [1.807, 2.05) is 6.92 Å². The van der Waals surface area contributed by atoms with Gasteiger partial charge in [0.25, 0.3) is 0 Å². The SMILES string of the molecule is CCOc1ccc(Cl)cc1NS(=O)(=O)CCCl. The Morgan fingerprint density at radius 1 is 1.41 bits per heavy atom. The van der Waals surface area contributed by atoms with Crippen molar-refractivity contribution in [2.75, 3.05) is 23.0 Å². The Morgan fingerprint density at radius 3 is 2.71 bits per heavy atom. The Labute approximate surface area is 111 Å². The lowest BCUT2D eigenvalue weighted by molar-refractivity contribution is 0.342. The number of halogens is 2. The highest BCUT2D eigenvalue weighted by molar-refractivity contribution is 7.92. The van der Waals surface area contributed by atoms with Crippen molar-refractivity contribution >= 4 is 38.9 Å². The van der Waals surface area contributed by atoms with Crippen LogP contribution in [0, 0.1) is 0 Å². The molecule has 0 aromatic heterocycles. The van der Waals surface area contributed by atoms with Crippen LogP contribution in [0.5, 0.6) is 5.75 Å². The van der Waals surface area contributed by atoms with Gasteiger partial charge in [-0.25, -0.2) is 8.42 Å². The smallest absolute Gasteiger partial charge is 0.234 e. The molecule has 0 radical (unpaired) electrons. The zero-order valence-electron chi connectivity index (χ0n) is 9.24. The van der Waals surface area contributed by atoms with Gasteiger partial charge in [-0.05, 0) is 25.1 Å². The third-order valence-corrected chi connectivity index (χ3v) is 3.77. The Morgan fingerprint density at radius 2 is 2.12 bits per heavy atom. The molecule has 1 aromatic carbocycles. The second kappa shape index (κ2) is 6.33. The van der Waals surface area contributed by atoms with Gasteiger partial charge in [0.15, 0.2) is 0 Å². The quantitative estimate of drug-likeness (QED) is 0.822. The predicted molar refractivity (Wildman–Crippen MR) is 70.8 cm³/mol. The second-order valence-corrected chi connectivity index (χ2v) is 5.84. The van der Waals surface area contributed by atoms with Gasteiger partial charge >= 0.3 is 0 Å². The molecule has 17 heavy (non-hydrogen) atoms. The molecule has 0 heterocycles. The van der Waals surface area contributed by atoms with Crippen molar-refractivity contribution in [1.29, 1.82) is 0 Å². The maximum absolute atomic E-state index is 11.6. The third kappa shape index (κ3) is 4.61. The predicted octanol–water partition coefficient (Wildman–Crippen LogP) is 2.72. The maximum atomic E-state index is 11.6. The van der Waals surface area contributed by atoms with Crippen LogP contribution >= 0.6 is 23.2 Å². The van der Waals surface area contributed by atoms with Gasteiger partial charge in [-0.15, -0.1) is 11.6 Å². The number of benzene rings is 1. The molecule has 7 heteroatoms. The summed E-state index contributed by atoms with van der Waals surface area (Å²) in [6.45, 7) is 2.25. The summed E-state index contributed by atoms with van der Waals surface area (Å²) in [5, 5.41) is 0.428. The van der Waals surface area contributed by atoms with Crippen LogP contribution in [0.3, 0.4) is 0 Å². The molecular formula is C10H13Cl2NO3S. The average molecular weight is 298 g/mol. The van der Waals surface area contributed by atoms with Crippen molar-refractivity contribution in [2.45, 2.75) is 6.92 Å². The largest absolute Gasteiger partial charge is 0.492 e. The van der Waals surface area contributed by atoms with E-state index >= 15 is 0 Å². The van der Waals surface area contributed by atoms with Crippen LogP contribution in [0.2, 0.25) is 5.02 Å². The molecule has 1 aromatic rings. The minimum Gasteiger partial charge on any atom is -0.492 e. The average Bonchev–Trinajstić information content (AvgIpc) is 2.21. The van der Waals surface area contributed by atoms with Crippen LogP contribution in [0.15, 0.2) is 18.2 Å². The van der Waals surface area contributed by atoms with Crippen LogP contribution in [-0.4, -0.2) is 26.7 Å². The molecule has 0 aliphatic carbocycles. The van der Waals surface area contributed by atoms with Crippen LogP contribution in [0.25, 0.3) is 0 Å². The summed E-state index contributed by atoms with van der Waals surface area (Å²) >= 11 is 11.2. The molecule has 4 nitrogen and oxygen atoms in total. The van der Waals surface area contributed by atoms with Crippen molar-refractivity contribution in [3.05, 3.63) is 23.2 Å². The standard InChI is InChI=1S/C10H13Cl2NO3S/c1-2-16-10-4-3-8(12)7-9(10)13-17(14,15)6-5-11/h3-4,7,13H,2,5-6H2,1H3. The molecule has 1 N–H and O–H groups in total. The summed E-state index contributed by atoms with van der Waals surface area (Å²) < 4.78 is 30.8. The van der Waals surface area contributed by atoms with E-state index in [0.29, 0.717) is 23.1 Å². The minimum atomic E-state index is -3.46. The Bertz CT molecular complexity index is 476. The Hall–Kier alpha value is -0.650. The fourth-order valence-electron chi connectivity index (χ4n) is 1.18. The van der Waals surface area contributed by atoms with Gasteiger partial charge in [0.05, 0.1) is 18.0 Å². The molecule has 0 saturated heterocycles. The number of alkyl halides is 1. The van der Waals surface area contributed by atoms with Crippen LogP contribution < -0.4 is 9.46 Å². The summed E-state index contributed by atoms with van der Waals surface area (Å²) in [5.41, 5.74) is 0.324. The summed E-state index contributed by atoms with van der Waals surface area (Å²) in [6.07, 6.45) is 0. The van der Waals surface area contributed by atoms with Gasteiger partial charge < -0.3 is 4.74 Å². The van der Waals surface area contributed by atoms with Crippen LogP contribution in [0.1, 0.15) is 6.92 Å². The van der Waals surface area contributed by atoms with E-state index in [1.54, 1.807) is 12.1 Å². The molecule has 0 saturated carbocycles. The van der Waals surface area contributed by atoms with E-state index in [9.17, 15) is 8.42 Å². The molecule has 96 valence electrons. The number of anilines is 1. The molecule has 0 aliphatic heterocycles. The summed E-state index contributed by atoms with van der Waals surface area (Å²) in [4.78, 5) is 0. The first-order valence-electron chi connectivity index (χ1n) is 4.97. The van der Waals surface area contributed by atoms with E-state index in [0.717, 1.165) is 0 Å². The highest BCUT2D eigenvalue weighted by Gasteiger charge is 2.13. The Balaban J connectivity index is 2.99. The molecule has 1 rings (SSSR count). The first-order chi connectivity index (χ1) is 7.98. The van der Waals surface area contributed by atoms with Crippen LogP contribution in [0.4, 0.5) is 5.69 Å². The topological polar surface area (TPSA) is 55.4 Å². The minimum absolute atomic E-state index is 0.0276. The van der Waals surface area contributed by atoms with Crippen molar-refractivity contribution < 1.29 is 13.2 Å². The molecule has 0 unspecified atom stereocenters. The maximum Gasteiger partial charge on any atom is 0.234 e. The van der Waals surface area contributed by atoms with Crippen molar-refractivity contribution in [3.63, 3.8) is 0 Å². The highest BCUT2D eigenvalue weighted by Crippen LogP contribution is 2.28. The van der Waals surface area contributed by atoms with E-state index in [4.69, 9.17) is 27.9 Å². The van der Waals surface area contributed by atoms with Crippen molar-refractivity contribution in [1.82, 2.24) is 0 Å². The lowest BCUT2D eigenvalue weighted by atomic mass is 10.3. The first-order valence-corrected chi connectivity index (χ1v) is 7.54. The number of hydrogen-bond acceptors (Lipinski definition) is 3. The van der Waals surface area contributed by atoms with Gasteiger partial charge in [0.2, 0.25) is 10.0 Å². The summed E-state index contributed by atoms with van der Waals surface area (Å²) in [5.74, 6) is 0.307.